The quantitative estimate of drug-likeness (QED) is 0.448. The molecule has 4 aromatic rings. The third-order valence-electron chi connectivity index (χ3n) is 4.14. The number of sulfonamides is 1. The van der Waals surface area contributed by atoms with Gasteiger partial charge < -0.3 is 9.47 Å². The third kappa shape index (κ3) is 4.98. The van der Waals surface area contributed by atoms with Crippen molar-refractivity contribution in [2.24, 2.45) is 0 Å². The van der Waals surface area contributed by atoms with Crippen LogP contribution in [0, 0.1) is 0 Å². The van der Waals surface area contributed by atoms with Gasteiger partial charge in [0.2, 0.25) is 5.88 Å². The van der Waals surface area contributed by atoms with Gasteiger partial charge in [0.25, 0.3) is 10.0 Å². The first-order chi connectivity index (χ1) is 15.0. The van der Waals surface area contributed by atoms with E-state index in [9.17, 15) is 8.42 Å². The van der Waals surface area contributed by atoms with Crippen molar-refractivity contribution in [3.8, 4) is 23.2 Å². The molecule has 0 bridgehead atoms. The highest BCUT2D eigenvalue weighted by Gasteiger charge is 2.14. The molecule has 0 saturated heterocycles. The predicted molar refractivity (Wildman–Crippen MR) is 114 cm³/mol. The number of benzene rings is 2. The van der Waals surface area contributed by atoms with E-state index in [2.05, 4.69) is 20.0 Å². The molecule has 0 spiro atoms. The SMILES string of the molecule is CCOc1ccc(S(=O)(=O)Nc2ccc(Oc3ccc(-n4cccn4)nn3)cc2)cc1. The molecular formula is C21H19N5O4S. The summed E-state index contributed by atoms with van der Waals surface area (Å²) in [5, 5.41) is 12.2. The molecule has 0 aliphatic rings. The van der Waals surface area contributed by atoms with Crippen molar-refractivity contribution < 1.29 is 17.9 Å². The molecule has 1 N–H and O–H groups in total. The van der Waals surface area contributed by atoms with Gasteiger partial charge >= 0.3 is 0 Å². The minimum Gasteiger partial charge on any atom is -0.494 e. The molecule has 0 saturated carbocycles. The number of anilines is 1. The van der Waals surface area contributed by atoms with Gasteiger partial charge in [-0.05, 0) is 67.6 Å². The van der Waals surface area contributed by atoms with Crippen LogP contribution in [-0.4, -0.2) is 35.0 Å². The summed E-state index contributed by atoms with van der Waals surface area (Å²) in [6.45, 7) is 2.38. The Labute approximate surface area is 179 Å². The molecule has 0 radical (unpaired) electrons. The van der Waals surface area contributed by atoms with Gasteiger partial charge in [-0.3, -0.25) is 4.72 Å². The monoisotopic (exact) mass is 437 g/mol. The summed E-state index contributed by atoms with van der Waals surface area (Å²) < 4.78 is 40.3. The van der Waals surface area contributed by atoms with E-state index in [-0.39, 0.29) is 4.90 Å². The molecule has 0 unspecified atom stereocenters. The summed E-state index contributed by atoms with van der Waals surface area (Å²) in [5.41, 5.74) is 0.404. The predicted octanol–water partition coefficient (Wildman–Crippen LogP) is 3.65. The van der Waals surface area contributed by atoms with Crippen LogP contribution in [0.2, 0.25) is 0 Å². The van der Waals surface area contributed by atoms with E-state index in [1.807, 2.05) is 6.92 Å². The van der Waals surface area contributed by atoms with Gasteiger partial charge in [0.05, 0.1) is 11.5 Å². The fraction of sp³-hybridized carbons (Fsp3) is 0.0952. The standard InChI is InChI=1S/C21H19N5O4S/c1-2-29-17-8-10-19(11-9-17)31(27,28)25-16-4-6-18(7-5-16)30-21-13-12-20(23-24-21)26-15-3-14-22-26/h3-15,25H,2H2,1H3. The highest BCUT2D eigenvalue weighted by atomic mass is 32.2. The molecule has 2 aromatic carbocycles. The number of aromatic nitrogens is 4. The van der Waals surface area contributed by atoms with Crippen molar-refractivity contribution in [1.29, 1.82) is 0 Å². The summed E-state index contributed by atoms with van der Waals surface area (Å²) in [6.07, 6.45) is 3.41. The fourth-order valence-corrected chi connectivity index (χ4v) is 3.76. The maximum absolute atomic E-state index is 12.6. The second-order valence-electron chi connectivity index (χ2n) is 6.32. The summed E-state index contributed by atoms with van der Waals surface area (Å²) in [6, 6.07) is 17.9. The van der Waals surface area contributed by atoms with E-state index in [0.717, 1.165) is 0 Å². The third-order valence-corrected chi connectivity index (χ3v) is 5.54. The Morgan fingerprint density at radius 3 is 2.29 bits per heavy atom. The molecule has 0 fully saturated rings. The van der Waals surface area contributed by atoms with Crippen LogP contribution in [0.4, 0.5) is 5.69 Å². The Balaban J connectivity index is 1.40. The number of nitrogens with one attached hydrogen (secondary N) is 1. The lowest BCUT2D eigenvalue weighted by atomic mass is 10.3. The van der Waals surface area contributed by atoms with E-state index in [0.29, 0.717) is 35.5 Å². The smallest absolute Gasteiger partial charge is 0.261 e. The fourth-order valence-electron chi connectivity index (χ4n) is 2.70. The minimum atomic E-state index is -3.72. The highest BCUT2D eigenvalue weighted by Crippen LogP contribution is 2.24. The summed E-state index contributed by atoms with van der Waals surface area (Å²) in [4.78, 5) is 0.142. The lowest BCUT2D eigenvalue weighted by Gasteiger charge is -2.10. The Morgan fingerprint density at radius 1 is 0.935 bits per heavy atom. The number of nitrogens with zero attached hydrogens (tertiary/aromatic N) is 4. The maximum atomic E-state index is 12.6. The van der Waals surface area contributed by atoms with Crippen molar-refractivity contribution in [2.75, 3.05) is 11.3 Å². The number of ether oxygens (including phenoxy) is 2. The molecule has 4 rings (SSSR count). The second kappa shape index (κ2) is 8.84. The number of hydrogen-bond donors (Lipinski definition) is 1. The molecular weight excluding hydrogens is 418 g/mol. The Morgan fingerprint density at radius 2 is 1.68 bits per heavy atom. The number of hydrogen-bond acceptors (Lipinski definition) is 7. The van der Waals surface area contributed by atoms with Crippen molar-refractivity contribution in [1.82, 2.24) is 20.0 Å². The molecule has 2 aromatic heterocycles. The molecule has 31 heavy (non-hydrogen) atoms. The molecule has 158 valence electrons. The van der Waals surface area contributed by atoms with E-state index in [1.54, 1.807) is 71.7 Å². The largest absolute Gasteiger partial charge is 0.494 e. The molecule has 0 aliphatic heterocycles. The van der Waals surface area contributed by atoms with Gasteiger partial charge in [-0.2, -0.15) is 5.10 Å². The van der Waals surface area contributed by atoms with Crippen molar-refractivity contribution in [2.45, 2.75) is 11.8 Å². The van der Waals surface area contributed by atoms with E-state index < -0.39 is 10.0 Å². The summed E-state index contributed by atoms with van der Waals surface area (Å²) in [5.74, 6) is 1.98. The lowest BCUT2D eigenvalue weighted by Crippen LogP contribution is -2.12. The maximum Gasteiger partial charge on any atom is 0.261 e. The minimum absolute atomic E-state index is 0.142. The first-order valence-electron chi connectivity index (χ1n) is 9.41. The van der Waals surface area contributed by atoms with Crippen LogP contribution in [0.3, 0.4) is 0 Å². The summed E-state index contributed by atoms with van der Waals surface area (Å²) in [7, 11) is -3.72. The lowest BCUT2D eigenvalue weighted by molar-refractivity contribution is 0.340. The van der Waals surface area contributed by atoms with Crippen LogP contribution in [0.5, 0.6) is 17.4 Å². The molecule has 9 nitrogen and oxygen atoms in total. The van der Waals surface area contributed by atoms with Gasteiger partial charge in [0.1, 0.15) is 11.5 Å². The first kappa shape index (κ1) is 20.4. The van der Waals surface area contributed by atoms with Gasteiger partial charge in [0.15, 0.2) is 5.82 Å². The zero-order chi connectivity index (χ0) is 21.7. The van der Waals surface area contributed by atoms with Crippen LogP contribution in [0.1, 0.15) is 6.92 Å². The average molecular weight is 437 g/mol. The van der Waals surface area contributed by atoms with Gasteiger partial charge in [0, 0.05) is 24.1 Å². The normalized spacial score (nSPS) is 11.1. The zero-order valence-electron chi connectivity index (χ0n) is 16.5. The van der Waals surface area contributed by atoms with Crippen LogP contribution >= 0.6 is 0 Å². The summed E-state index contributed by atoms with van der Waals surface area (Å²) >= 11 is 0. The van der Waals surface area contributed by atoms with Crippen LogP contribution in [0.25, 0.3) is 5.82 Å². The zero-order valence-corrected chi connectivity index (χ0v) is 17.4. The van der Waals surface area contributed by atoms with Gasteiger partial charge in [-0.25, -0.2) is 13.1 Å². The van der Waals surface area contributed by atoms with Gasteiger partial charge in [-0.1, -0.05) is 0 Å². The molecule has 10 heteroatoms. The van der Waals surface area contributed by atoms with Crippen molar-refractivity contribution >= 4 is 15.7 Å². The molecule has 0 amide bonds. The van der Waals surface area contributed by atoms with E-state index in [4.69, 9.17) is 9.47 Å². The first-order valence-corrected chi connectivity index (χ1v) is 10.9. The Hall–Kier alpha value is -3.92. The number of rotatable bonds is 8. The van der Waals surface area contributed by atoms with Crippen LogP contribution in [-0.2, 0) is 10.0 Å². The van der Waals surface area contributed by atoms with Crippen molar-refractivity contribution in [3.05, 3.63) is 79.1 Å². The Kier molecular flexibility index (Phi) is 5.80. The molecule has 0 aliphatic carbocycles. The Bertz CT molecular complexity index is 1220. The van der Waals surface area contributed by atoms with Crippen LogP contribution < -0.4 is 14.2 Å². The second-order valence-corrected chi connectivity index (χ2v) is 8.00. The molecule has 0 atom stereocenters. The van der Waals surface area contributed by atoms with Crippen molar-refractivity contribution in [3.63, 3.8) is 0 Å². The highest BCUT2D eigenvalue weighted by molar-refractivity contribution is 7.92. The van der Waals surface area contributed by atoms with E-state index in [1.165, 1.54) is 12.1 Å². The molecule has 2 heterocycles. The topological polar surface area (TPSA) is 108 Å². The average Bonchev–Trinajstić information content (AvgIpc) is 3.31. The van der Waals surface area contributed by atoms with Gasteiger partial charge in [-0.15, -0.1) is 10.2 Å². The van der Waals surface area contributed by atoms with Crippen LogP contribution in [0.15, 0.2) is 84.0 Å². The van der Waals surface area contributed by atoms with E-state index >= 15 is 0 Å².